The number of amidine groups is 1. The zero-order valence-corrected chi connectivity index (χ0v) is 19.9. The highest BCUT2D eigenvalue weighted by molar-refractivity contribution is 6.37. The predicted octanol–water partition coefficient (Wildman–Crippen LogP) is 5.66. The molecule has 2 aliphatic rings. The lowest BCUT2D eigenvalue weighted by Crippen LogP contribution is -2.40. The van der Waals surface area contributed by atoms with Crippen LogP contribution in [0.1, 0.15) is 22.9 Å². The fraction of sp³-hybridized carbons (Fsp3) is 0.208. The quantitative estimate of drug-likeness (QED) is 0.333. The second-order valence-electron chi connectivity index (χ2n) is 7.89. The summed E-state index contributed by atoms with van der Waals surface area (Å²) in [6, 6.07) is 15.6. The molecule has 174 valence electrons. The van der Waals surface area contributed by atoms with Crippen molar-refractivity contribution in [2.75, 3.05) is 25.8 Å². The molecular formula is C24H20Cl2N4O4. The first-order chi connectivity index (χ1) is 16.4. The Morgan fingerprint density at radius 1 is 1.03 bits per heavy atom. The van der Waals surface area contributed by atoms with Crippen LogP contribution in [0.15, 0.2) is 59.7 Å². The Morgan fingerprint density at radius 3 is 2.38 bits per heavy atom. The van der Waals surface area contributed by atoms with Gasteiger partial charge in [0.05, 0.1) is 29.9 Å². The van der Waals surface area contributed by atoms with Crippen LogP contribution in [0, 0.1) is 10.1 Å². The molecule has 0 N–H and O–H groups in total. The molecule has 10 heteroatoms. The Morgan fingerprint density at radius 2 is 1.74 bits per heavy atom. The van der Waals surface area contributed by atoms with E-state index < -0.39 is 4.92 Å². The van der Waals surface area contributed by atoms with E-state index in [1.165, 1.54) is 12.1 Å². The number of hydrogen-bond donors (Lipinski definition) is 0. The number of benzene rings is 3. The van der Waals surface area contributed by atoms with Gasteiger partial charge in [0.2, 0.25) is 0 Å². The Bertz CT molecular complexity index is 1310. The van der Waals surface area contributed by atoms with Gasteiger partial charge in [-0.05, 0) is 54.4 Å². The van der Waals surface area contributed by atoms with Crippen LogP contribution in [-0.2, 0) is 6.42 Å². The number of ether oxygens (including phenoxy) is 2. The van der Waals surface area contributed by atoms with Crippen molar-refractivity contribution in [3.63, 3.8) is 0 Å². The number of fused-ring (bicyclic) bond motifs is 3. The van der Waals surface area contributed by atoms with Crippen LogP contribution in [0.25, 0.3) is 0 Å². The summed E-state index contributed by atoms with van der Waals surface area (Å²) in [6.45, 7) is 0.689. The summed E-state index contributed by atoms with van der Waals surface area (Å²) in [7, 11) is 3.21. The number of nitro groups is 1. The molecule has 0 saturated carbocycles. The number of halogens is 2. The van der Waals surface area contributed by atoms with E-state index in [4.69, 9.17) is 37.8 Å². The highest BCUT2D eigenvalue weighted by atomic mass is 35.5. The Labute approximate surface area is 206 Å². The van der Waals surface area contributed by atoms with E-state index in [9.17, 15) is 10.1 Å². The summed E-state index contributed by atoms with van der Waals surface area (Å²) < 4.78 is 11.1. The Kier molecular flexibility index (Phi) is 5.71. The molecule has 0 unspecified atom stereocenters. The van der Waals surface area contributed by atoms with Crippen LogP contribution in [0.2, 0.25) is 10.0 Å². The molecule has 8 nitrogen and oxygen atoms in total. The zero-order valence-electron chi connectivity index (χ0n) is 18.4. The highest BCUT2D eigenvalue weighted by Gasteiger charge is 2.41. The first kappa shape index (κ1) is 22.3. The van der Waals surface area contributed by atoms with Gasteiger partial charge in [0.1, 0.15) is 0 Å². The third-order valence-corrected chi connectivity index (χ3v) is 6.59. The number of anilines is 1. The van der Waals surface area contributed by atoms with Gasteiger partial charge in [-0.15, -0.1) is 0 Å². The van der Waals surface area contributed by atoms with Crippen LogP contribution in [0.5, 0.6) is 11.5 Å². The molecule has 5 rings (SSSR count). The number of methoxy groups -OCH3 is 2. The molecule has 3 aromatic rings. The van der Waals surface area contributed by atoms with Gasteiger partial charge in [-0.25, -0.2) is 5.01 Å². The van der Waals surface area contributed by atoms with E-state index in [1.54, 1.807) is 38.5 Å². The van der Waals surface area contributed by atoms with Crippen molar-refractivity contribution in [2.24, 2.45) is 5.10 Å². The molecule has 0 bridgehead atoms. The maximum absolute atomic E-state index is 11.2. The summed E-state index contributed by atoms with van der Waals surface area (Å²) in [6.07, 6.45) is 0.469. The van der Waals surface area contributed by atoms with Crippen LogP contribution in [0.4, 0.5) is 11.4 Å². The fourth-order valence-corrected chi connectivity index (χ4v) is 4.92. The summed E-state index contributed by atoms with van der Waals surface area (Å²) >= 11 is 12.7. The normalized spacial score (nSPS) is 16.6. The fourth-order valence-electron chi connectivity index (χ4n) is 4.43. The minimum Gasteiger partial charge on any atom is -0.493 e. The summed E-state index contributed by atoms with van der Waals surface area (Å²) in [4.78, 5) is 12.9. The minimum absolute atomic E-state index is 0.0141. The molecule has 0 saturated heterocycles. The van der Waals surface area contributed by atoms with Crippen molar-refractivity contribution < 1.29 is 14.4 Å². The van der Waals surface area contributed by atoms with E-state index in [0.29, 0.717) is 39.6 Å². The standard InChI is InChI=1S/C24H20Cl2N4O4/c1-33-21-11-14-9-10-28-23(18-8-3-15(25)12-20(18)26)27-29(24(28)19(14)13-22(21)34-2)16-4-6-17(7-5-16)30(31)32/h3-8,11-13,24H,9-10H2,1-2H3/t24-/m1/s1. The van der Waals surface area contributed by atoms with E-state index in [0.717, 1.165) is 23.1 Å². The van der Waals surface area contributed by atoms with Gasteiger partial charge in [-0.2, -0.15) is 5.10 Å². The lowest BCUT2D eigenvalue weighted by atomic mass is 9.95. The van der Waals surface area contributed by atoms with Gasteiger partial charge < -0.3 is 14.4 Å². The molecule has 34 heavy (non-hydrogen) atoms. The van der Waals surface area contributed by atoms with Gasteiger partial charge in [0.15, 0.2) is 23.5 Å². The van der Waals surface area contributed by atoms with Crippen molar-refractivity contribution in [1.29, 1.82) is 0 Å². The molecule has 0 fully saturated rings. The van der Waals surface area contributed by atoms with Crippen LogP contribution in [-0.4, -0.2) is 36.4 Å². The highest BCUT2D eigenvalue weighted by Crippen LogP contribution is 2.45. The summed E-state index contributed by atoms with van der Waals surface area (Å²) in [5.41, 5.74) is 3.60. The molecule has 0 aromatic heterocycles. The van der Waals surface area contributed by atoms with Crippen molar-refractivity contribution in [3.05, 3.63) is 91.4 Å². The lowest BCUT2D eigenvalue weighted by Gasteiger charge is -2.37. The van der Waals surface area contributed by atoms with Crippen LogP contribution < -0.4 is 14.5 Å². The number of nitrogens with zero attached hydrogens (tertiary/aromatic N) is 4. The number of nitro benzene ring substituents is 1. The average molecular weight is 499 g/mol. The molecule has 1 atom stereocenters. The zero-order chi connectivity index (χ0) is 24.0. The molecular weight excluding hydrogens is 479 g/mol. The second kappa shape index (κ2) is 8.70. The van der Waals surface area contributed by atoms with E-state index in [1.807, 2.05) is 23.2 Å². The summed E-state index contributed by atoms with van der Waals surface area (Å²) in [5, 5.41) is 19.0. The largest absolute Gasteiger partial charge is 0.493 e. The van der Waals surface area contributed by atoms with Gasteiger partial charge in [0.25, 0.3) is 5.69 Å². The maximum Gasteiger partial charge on any atom is 0.269 e. The third kappa shape index (κ3) is 3.69. The third-order valence-electron chi connectivity index (χ3n) is 6.04. The van der Waals surface area contributed by atoms with E-state index in [-0.39, 0.29) is 11.9 Å². The van der Waals surface area contributed by atoms with E-state index in [2.05, 4.69) is 4.90 Å². The first-order valence-electron chi connectivity index (χ1n) is 10.5. The van der Waals surface area contributed by atoms with Crippen LogP contribution >= 0.6 is 23.2 Å². The molecule has 3 aromatic carbocycles. The topological polar surface area (TPSA) is 80.4 Å². The summed E-state index contributed by atoms with van der Waals surface area (Å²) in [5.74, 6) is 1.98. The smallest absolute Gasteiger partial charge is 0.269 e. The monoisotopic (exact) mass is 498 g/mol. The van der Waals surface area contributed by atoms with Crippen LogP contribution in [0.3, 0.4) is 0 Å². The Balaban J connectivity index is 1.66. The van der Waals surface area contributed by atoms with Crippen molar-refractivity contribution in [2.45, 2.75) is 12.6 Å². The number of hydrazone groups is 1. The number of rotatable bonds is 5. The molecule has 0 aliphatic carbocycles. The minimum atomic E-state index is -0.421. The van der Waals surface area contributed by atoms with Crippen molar-refractivity contribution in [3.8, 4) is 11.5 Å². The van der Waals surface area contributed by atoms with Crippen molar-refractivity contribution >= 4 is 40.4 Å². The molecule has 0 amide bonds. The maximum atomic E-state index is 11.2. The van der Waals surface area contributed by atoms with E-state index >= 15 is 0 Å². The van der Waals surface area contributed by atoms with Gasteiger partial charge >= 0.3 is 0 Å². The first-order valence-corrected chi connectivity index (χ1v) is 11.3. The molecule has 0 spiro atoms. The Hall–Kier alpha value is -3.49. The van der Waals surface area contributed by atoms with Crippen molar-refractivity contribution in [1.82, 2.24) is 4.90 Å². The second-order valence-corrected chi connectivity index (χ2v) is 8.73. The molecule has 2 heterocycles. The predicted molar refractivity (Wildman–Crippen MR) is 131 cm³/mol. The SMILES string of the molecule is COc1cc2c(cc1OC)[C@@H]1N(CC2)C(c2ccc(Cl)cc2Cl)=NN1c1ccc([N+](=O)[O-])cc1. The van der Waals surface area contributed by atoms with Gasteiger partial charge in [-0.1, -0.05) is 23.2 Å². The number of non-ortho nitro benzene ring substituents is 1. The molecule has 2 aliphatic heterocycles. The average Bonchev–Trinajstić information content (AvgIpc) is 3.23. The molecule has 0 radical (unpaired) electrons. The van der Waals surface area contributed by atoms with Gasteiger partial charge in [-0.3, -0.25) is 10.1 Å². The lowest BCUT2D eigenvalue weighted by molar-refractivity contribution is -0.384. The van der Waals surface area contributed by atoms with Gasteiger partial charge in [0, 0.05) is 34.8 Å². The number of hydrogen-bond acceptors (Lipinski definition) is 7.